The molecule has 1 saturated heterocycles. The van der Waals surface area contributed by atoms with Crippen LogP contribution in [0.4, 0.5) is 5.69 Å². The highest BCUT2D eigenvalue weighted by atomic mass is 32.1. The number of hydrogen-bond donors (Lipinski definition) is 1. The highest BCUT2D eigenvalue weighted by Crippen LogP contribution is 2.34. The minimum absolute atomic E-state index is 0.0247. The van der Waals surface area contributed by atoms with E-state index in [9.17, 15) is 4.79 Å². The molecule has 2 aromatic rings. The maximum absolute atomic E-state index is 12.5. The molecule has 2 N–H and O–H groups in total. The van der Waals surface area contributed by atoms with E-state index in [1.165, 1.54) is 11.3 Å². The predicted octanol–water partition coefficient (Wildman–Crippen LogP) is 2.00. The van der Waals surface area contributed by atoms with E-state index >= 15 is 0 Å². The molecule has 3 heterocycles. The van der Waals surface area contributed by atoms with E-state index < -0.39 is 0 Å². The van der Waals surface area contributed by atoms with Crippen molar-refractivity contribution in [2.45, 2.75) is 13.8 Å². The van der Waals surface area contributed by atoms with Crippen LogP contribution in [0.2, 0.25) is 0 Å². The van der Waals surface area contributed by atoms with Crippen molar-refractivity contribution < 1.29 is 4.79 Å². The van der Waals surface area contributed by atoms with Crippen molar-refractivity contribution >= 4 is 33.1 Å². The largest absolute Gasteiger partial charge is 0.397 e. The van der Waals surface area contributed by atoms with Crippen LogP contribution < -0.4 is 5.73 Å². The minimum Gasteiger partial charge on any atom is -0.397 e. The molecule has 19 heavy (non-hydrogen) atoms. The number of nitrogens with zero attached hydrogens (tertiary/aromatic N) is 3. The average Bonchev–Trinajstić information content (AvgIpc) is 2.91. The molecule has 2 aromatic heterocycles. The van der Waals surface area contributed by atoms with Gasteiger partial charge in [-0.15, -0.1) is 16.4 Å². The molecular weight excluding hydrogens is 260 g/mol. The van der Waals surface area contributed by atoms with Crippen molar-refractivity contribution in [3.8, 4) is 0 Å². The van der Waals surface area contributed by atoms with Gasteiger partial charge in [0.25, 0.3) is 5.91 Å². The summed E-state index contributed by atoms with van der Waals surface area (Å²) in [4.78, 5) is 15.7. The Morgan fingerprint density at radius 3 is 2.74 bits per heavy atom. The molecule has 100 valence electrons. The van der Waals surface area contributed by atoms with E-state index in [4.69, 9.17) is 5.73 Å². The molecule has 1 aliphatic rings. The summed E-state index contributed by atoms with van der Waals surface area (Å²) in [7, 11) is 0. The van der Waals surface area contributed by atoms with E-state index in [1.807, 2.05) is 4.90 Å². The molecule has 1 fully saturated rings. The van der Waals surface area contributed by atoms with Crippen molar-refractivity contribution in [1.29, 1.82) is 0 Å². The Morgan fingerprint density at radius 2 is 2.11 bits per heavy atom. The molecular formula is C13H16N4OS. The maximum Gasteiger partial charge on any atom is 0.266 e. The van der Waals surface area contributed by atoms with Gasteiger partial charge in [-0.2, -0.15) is 5.10 Å². The lowest BCUT2D eigenvalue weighted by Gasteiger charge is -2.15. The second kappa shape index (κ2) is 4.45. The number of amides is 1. The summed E-state index contributed by atoms with van der Waals surface area (Å²) in [5.41, 5.74) is 6.61. The molecule has 0 aromatic carbocycles. The van der Waals surface area contributed by atoms with Crippen LogP contribution in [0.3, 0.4) is 0 Å². The number of rotatable bonds is 1. The summed E-state index contributed by atoms with van der Waals surface area (Å²) in [5, 5.41) is 8.67. The van der Waals surface area contributed by atoms with Gasteiger partial charge in [0.05, 0.1) is 11.9 Å². The Balaban J connectivity index is 1.96. The molecule has 0 saturated carbocycles. The van der Waals surface area contributed by atoms with Crippen LogP contribution in [0, 0.1) is 11.8 Å². The standard InChI is InChI=1S/C13H16N4OS/c1-7-5-17(6-8(7)2)13(18)11-10(14)9-3-4-15-16-12(9)19-11/h3-4,7-8H,5-6,14H2,1-2H3. The maximum atomic E-state index is 12.5. The Hall–Kier alpha value is -1.69. The first-order chi connectivity index (χ1) is 9.08. The van der Waals surface area contributed by atoms with E-state index in [0.717, 1.165) is 23.3 Å². The molecule has 0 aliphatic carbocycles. The average molecular weight is 276 g/mol. The highest BCUT2D eigenvalue weighted by molar-refractivity contribution is 7.21. The van der Waals surface area contributed by atoms with Crippen molar-refractivity contribution in [2.75, 3.05) is 18.8 Å². The topological polar surface area (TPSA) is 72.1 Å². The monoisotopic (exact) mass is 276 g/mol. The van der Waals surface area contributed by atoms with Gasteiger partial charge in [-0.05, 0) is 17.9 Å². The summed E-state index contributed by atoms with van der Waals surface area (Å²) in [6.07, 6.45) is 1.60. The van der Waals surface area contributed by atoms with Crippen LogP contribution in [0.5, 0.6) is 0 Å². The first-order valence-electron chi connectivity index (χ1n) is 6.37. The van der Waals surface area contributed by atoms with Crippen molar-refractivity contribution in [2.24, 2.45) is 11.8 Å². The van der Waals surface area contributed by atoms with Crippen LogP contribution in [0.1, 0.15) is 23.5 Å². The fourth-order valence-corrected chi connectivity index (χ4v) is 3.48. The van der Waals surface area contributed by atoms with E-state index in [2.05, 4.69) is 24.0 Å². The third kappa shape index (κ3) is 1.96. The number of fused-ring (bicyclic) bond motifs is 1. The van der Waals surface area contributed by atoms with Crippen LogP contribution in [-0.4, -0.2) is 34.1 Å². The molecule has 0 spiro atoms. The van der Waals surface area contributed by atoms with Crippen molar-refractivity contribution in [3.05, 3.63) is 17.1 Å². The number of nitrogens with two attached hydrogens (primary N) is 1. The molecule has 5 nitrogen and oxygen atoms in total. The van der Waals surface area contributed by atoms with Crippen molar-refractivity contribution in [1.82, 2.24) is 15.1 Å². The van der Waals surface area contributed by atoms with Crippen LogP contribution in [0.15, 0.2) is 12.3 Å². The van der Waals surface area contributed by atoms with Gasteiger partial charge in [-0.25, -0.2) is 0 Å². The summed E-state index contributed by atoms with van der Waals surface area (Å²) in [6, 6.07) is 1.81. The van der Waals surface area contributed by atoms with Crippen LogP contribution in [0.25, 0.3) is 10.2 Å². The quantitative estimate of drug-likeness (QED) is 0.864. The van der Waals surface area contributed by atoms with Gasteiger partial charge in [0.2, 0.25) is 0 Å². The van der Waals surface area contributed by atoms with Crippen LogP contribution in [-0.2, 0) is 0 Å². The molecule has 2 atom stereocenters. The number of nitrogen functional groups attached to an aromatic ring is 1. The fourth-order valence-electron chi connectivity index (χ4n) is 2.47. The normalized spacial score (nSPS) is 23.2. The first-order valence-corrected chi connectivity index (χ1v) is 7.18. The molecule has 6 heteroatoms. The zero-order valence-corrected chi connectivity index (χ0v) is 11.8. The number of anilines is 1. The predicted molar refractivity (Wildman–Crippen MR) is 76.1 cm³/mol. The summed E-state index contributed by atoms with van der Waals surface area (Å²) in [6.45, 7) is 5.97. The smallest absolute Gasteiger partial charge is 0.266 e. The summed E-state index contributed by atoms with van der Waals surface area (Å²) < 4.78 is 0. The van der Waals surface area contributed by atoms with Crippen molar-refractivity contribution in [3.63, 3.8) is 0 Å². The zero-order chi connectivity index (χ0) is 13.6. The lowest BCUT2D eigenvalue weighted by molar-refractivity contribution is 0.0791. The number of likely N-dealkylation sites (tertiary alicyclic amines) is 1. The van der Waals surface area contributed by atoms with E-state index in [0.29, 0.717) is 22.4 Å². The summed E-state index contributed by atoms with van der Waals surface area (Å²) >= 11 is 1.33. The number of aromatic nitrogens is 2. The number of carbonyl (C=O) groups is 1. The van der Waals surface area contributed by atoms with E-state index in [-0.39, 0.29) is 5.91 Å². The minimum atomic E-state index is 0.0247. The van der Waals surface area contributed by atoms with Gasteiger partial charge >= 0.3 is 0 Å². The third-order valence-corrected chi connectivity index (χ3v) is 4.98. The van der Waals surface area contributed by atoms with Gasteiger partial charge < -0.3 is 10.6 Å². The Bertz CT molecular complexity index is 629. The molecule has 1 aliphatic heterocycles. The molecule has 3 rings (SSSR count). The Labute approximate surface area is 115 Å². The number of carbonyl (C=O) groups excluding carboxylic acids is 1. The second-order valence-corrected chi connectivity index (χ2v) is 6.26. The van der Waals surface area contributed by atoms with Gasteiger partial charge in [0.15, 0.2) is 0 Å². The lowest BCUT2D eigenvalue weighted by Crippen LogP contribution is -2.28. The van der Waals surface area contributed by atoms with Gasteiger partial charge in [0, 0.05) is 18.5 Å². The highest BCUT2D eigenvalue weighted by Gasteiger charge is 2.31. The van der Waals surface area contributed by atoms with Crippen LogP contribution >= 0.6 is 11.3 Å². The Morgan fingerprint density at radius 1 is 1.42 bits per heavy atom. The zero-order valence-electron chi connectivity index (χ0n) is 11.0. The number of thiophene rings is 1. The number of hydrogen-bond acceptors (Lipinski definition) is 5. The SMILES string of the molecule is CC1CN(C(=O)c2sc3nnccc3c2N)CC1C. The van der Waals surface area contributed by atoms with Gasteiger partial charge in [-0.3, -0.25) is 4.79 Å². The first kappa shape index (κ1) is 12.3. The molecule has 0 radical (unpaired) electrons. The third-order valence-electron chi connectivity index (χ3n) is 3.89. The Kier molecular flexibility index (Phi) is 2.89. The molecule has 2 unspecified atom stereocenters. The fraction of sp³-hybridized carbons (Fsp3) is 0.462. The molecule has 0 bridgehead atoms. The second-order valence-electron chi connectivity index (χ2n) is 5.26. The van der Waals surface area contributed by atoms with E-state index in [1.54, 1.807) is 12.3 Å². The van der Waals surface area contributed by atoms with Gasteiger partial charge in [0.1, 0.15) is 9.71 Å². The van der Waals surface area contributed by atoms with Gasteiger partial charge in [-0.1, -0.05) is 13.8 Å². The lowest BCUT2D eigenvalue weighted by atomic mass is 10.0. The summed E-state index contributed by atoms with van der Waals surface area (Å²) in [5.74, 6) is 1.11. The molecule has 1 amide bonds.